The largest absolute Gasteiger partial charge is 0.493 e. The lowest BCUT2D eigenvalue weighted by Gasteiger charge is -2.18. The first-order valence-corrected chi connectivity index (χ1v) is 5.56. The van der Waals surface area contributed by atoms with Crippen molar-refractivity contribution in [2.24, 2.45) is 0 Å². The third-order valence-electron chi connectivity index (χ3n) is 2.82. The van der Waals surface area contributed by atoms with E-state index in [0.717, 1.165) is 16.6 Å². The molecule has 2 rings (SSSR count). The number of rotatable bonds is 3. The predicted octanol–water partition coefficient (Wildman–Crippen LogP) is 1.90. The number of nitrogens with zero attached hydrogens (tertiary/aromatic N) is 2. The Hall–Kier alpha value is -2.17. The summed E-state index contributed by atoms with van der Waals surface area (Å²) in [6, 6.07) is 3.63. The lowest BCUT2D eigenvalue weighted by Crippen LogP contribution is -2.12. The standard InChI is InChI=1S/C13H17N3O2/c1-16(2)13-11-8(5-6-15-13)12(18-4)10(17-3)7-9(11)14/h5-7H,14H2,1-4H3. The van der Waals surface area contributed by atoms with Crippen molar-refractivity contribution in [1.29, 1.82) is 0 Å². The molecule has 1 aromatic carbocycles. The number of methoxy groups -OCH3 is 2. The van der Waals surface area contributed by atoms with Gasteiger partial charge in [-0.3, -0.25) is 0 Å². The fraction of sp³-hybridized carbons (Fsp3) is 0.308. The van der Waals surface area contributed by atoms with Gasteiger partial charge in [0.05, 0.1) is 19.6 Å². The number of anilines is 2. The Bertz CT molecular complexity index is 582. The molecule has 96 valence electrons. The van der Waals surface area contributed by atoms with E-state index in [2.05, 4.69) is 4.98 Å². The lowest BCUT2D eigenvalue weighted by molar-refractivity contribution is 0.359. The van der Waals surface area contributed by atoms with E-state index in [1.165, 1.54) is 0 Å². The van der Waals surface area contributed by atoms with Crippen molar-refractivity contribution in [3.63, 3.8) is 0 Å². The summed E-state index contributed by atoms with van der Waals surface area (Å²) in [7, 11) is 7.07. The van der Waals surface area contributed by atoms with E-state index in [0.29, 0.717) is 17.2 Å². The zero-order chi connectivity index (χ0) is 13.3. The molecule has 2 aromatic rings. The highest BCUT2D eigenvalue weighted by Gasteiger charge is 2.16. The fourth-order valence-corrected chi connectivity index (χ4v) is 2.04. The molecule has 1 heterocycles. The minimum absolute atomic E-state index is 0.624. The van der Waals surface area contributed by atoms with E-state index in [4.69, 9.17) is 15.2 Å². The van der Waals surface area contributed by atoms with Crippen LogP contribution < -0.4 is 20.1 Å². The average Bonchev–Trinajstić information content (AvgIpc) is 2.37. The van der Waals surface area contributed by atoms with Crippen LogP contribution in [-0.2, 0) is 0 Å². The molecule has 1 aromatic heterocycles. The zero-order valence-corrected chi connectivity index (χ0v) is 11.0. The van der Waals surface area contributed by atoms with E-state index in [1.54, 1.807) is 26.5 Å². The van der Waals surface area contributed by atoms with E-state index >= 15 is 0 Å². The van der Waals surface area contributed by atoms with Crippen molar-refractivity contribution in [2.75, 3.05) is 38.9 Å². The molecule has 0 saturated heterocycles. The molecule has 0 atom stereocenters. The molecule has 0 bridgehead atoms. The second-order valence-electron chi connectivity index (χ2n) is 4.15. The van der Waals surface area contributed by atoms with E-state index in [-0.39, 0.29) is 0 Å². The summed E-state index contributed by atoms with van der Waals surface area (Å²) in [5.41, 5.74) is 6.72. The second kappa shape index (κ2) is 4.60. The van der Waals surface area contributed by atoms with Gasteiger partial charge >= 0.3 is 0 Å². The lowest BCUT2D eigenvalue weighted by atomic mass is 10.1. The SMILES string of the molecule is COc1cc(N)c2c(N(C)C)nccc2c1OC. The monoisotopic (exact) mass is 247 g/mol. The van der Waals surface area contributed by atoms with Gasteiger partial charge in [-0.1, -0.05) is 0 Å². The van der Waals surface area contributed by atoms with Crippen molar-refractivity contribution >= 4 is 22.3 Å². The summed E-state index contributed by atoms with van der Waals surface area (Å²) in [6.07, 6.45) is 1.74. The summed E-state index contributed by atoms with van der Waals surface area (Å²) >= 11 is 0. The molecule has 2 N–H and O–H groups in total. The Labute approximate surface area is 106 Å². The molecular weight excluding hydrogens is 230 g/mol. The number of nitrogen functional groups attached to an aromatic ring is 1. The minimum atomic E-state index is 0.624. The molecule has 5 heteroatoms. The van der Waals surface area contributed by atoms with Gasteiger partial charge in [0.1, 0.15) is 5.82 Å². The molecule has 5 nitrogen and oxygen atoms in total. The van der Waals surface area contributed by atoms with Crippen LogP contribution in [0.3, 0.4) is 0 Å². The van der Waals surface area contributed by atoms with Crippen molar-refractivity contribution in [2.45, 2.75) is 0 Å². The maximum Gasteiger partial charge on any atom is 0.168 e. The highest BCUT2D eigenvalue weighted by Crippen LogP contribution is 2.41. The van der Waals surface area contributed by atoms with Crippen LogP contribution in [0.4, 0.5) is 11.5 Å². The molecule has 0 aliphatic heterocycles. The number of aromatic nitrogens is 1. The fourth-order valence-electron chi connectivity index (χ4n) is 2.04. The highest BCUT2D eigenvalue weighted by atomic mass is 16.5. The number of benzene rings is 1. The van der Waals surface area contributed by atoms with Crippen LogP contribution in [0, 0.1) is 0 Å². The minimum Gasteiger partial charge on any atom is -0.493 e. The van der Waals surface area contributed by atoms with Crippen LogP contribution in [-0.4, -0.2) is 33.3 Å². The van der Waals surface area contributed by atoms with Gasteiger partial charge in [0.25, 0.3) is 0 Å². The van der Waals surface area contributed by atoms with Gasteiger partial charge in [0, 0.05) is 37.4 Å². The molecule has 0 spiro atoms. The smallest absolute Gasteiger partial charge is 0.168 e. The number of hydrogen-bond donors (Lipinski definition) is 1. The first-order chi connectivity index (χ1) is 8.60. The van der Waals surface area contributed by atoms with Crippen LogP contribution in [0.5, 0.6) is 11.5 Å². The summed E-state index contributed by atoms with van der Waals surface area (Å²) in [6.45, 7) is 0. The van der Waals surface area contributed by atoms with E-state index in [9.17, 15) is 0 Å². The van der Waals surface area contributed by atoms with Gasteiger partial charge in [-0.15, -0.1) is 0 Å². The van der Waals surface area contributed by atoms with Crippen LogP contribution in [0.15, 0.2) is 18.3 Å². The maximum absolute atomic E-state index is 6.09. The summed E-state index contributed by atoms with van der Waals surface area (Å²) in [4.78, 5) is 6.27. The Kier molecular flexibility index (Phi) is 3.14. The highest BCUT2D eigenvalue weighted by molar-refractivity contribution is 6.05. The van der Waals surface area contributed by atoms with Gasteiger partial charge < -0.3 is 20.1 Å². The quantitative estimate of drug-likeness (QED) is 0.839. The van der Waals surface area contributed by atoms with Gasteiger partial charge in [0.15, 0.2) is 11.5 Å². The van der Waals surface area contributed by atoms with E-state index in [1.807, 2.05) is 25.1 Å². The summed E-state index contributed by atoms with van der Waals surface area (Å²) in [5.74, 6) is 2.11. The van der Waals surface area contributed by atoms with Crippen molar-refractivity contribution in [1.82, 2.24) is 4.98 Å². The molecule has 0 radical (unpaired) electrons. The van der Waals surface area contributed by atoms with Crippen LogP contribution in [0.1, 0.15) is 0 Å². The Morgan fingerprint density at radius 2 is 1.94 bits per heavy atom. The maximum atomic E-state index is 6.09. The number of hydrogen-bond acceptors (Lipinski definition) is 5. The summed E-state index contributed by atoms with van der Waals surface area (Å²) in [5, 5.41) is 1.77. The van der Waals surface area contributed by atoms with Crippen LogP contribution in [0.2, 0.25) is 0 Å². The van der Waals surface area contributed by atoms with Crippen molar-refractivity contribution in [3.05, 3.63) is 18.3 Å². The molecule has 0 fully saturated rings. The topological polar surface area (TPSA) is 60.6 Å². The van der Waals surface area contributed by atoms with Crippen LogP contribution >= 0.6 is 0 Å². The predicted molar refractivity (Wildman–Crippen MR) is 73.6 cm³/mol. The Morgan fingerprint density at radius 3 is 2.50 bits per heavy atom. The molecular formula is C13H17N3O2. The van der Waals surface area contributed by atoms with Crippen molar-refractivity contribution in [3.8, 4) is 11.5 Å². The molecule has 0 unspecified atom stereocenters. The molecule has 18 heavy (non-hydrogen) atoms. The Morgan fingerprint density at radius 1 is 1.22 bits per heavy atom. The zero-order valence-electron chi connectivity index (χ0n) is 11.0. The first kappa shape index (κ1) is 12.3. The van der Waals surface area contributed by atoms with Crippen LogP contribution in [0.25, 0.3) is 10.8 Å². The molecule has 0 saturated carbocycles. The molecule has 0 amide bonds. The summed E-state index contributed by atoms with van der Waals surface area (Å²) < 4.78 is 10.7. The van der Waals surface area contributed by atoms with Gasteiger partial charge in [0.2, 0.25) is 0 Å². The number of nitrogens with two attached hydrogens (primary N) is 1. The van der Waals surface area contributed by atoms with Gasteiger partial charge in [-0.05, 0) is 6.07 Å². The second-order valence-corrected chi connectivity index (χ2v) is 4.15. The molecule has 0 aliphatic carbocycles. The average molecular weight is 247 g/mol. The number of pyridine rings is 1. The van der Waals surface area contributed by atoms with Gasteiger partial charge in [-0.2, -0.15) is 0 Å². The third kappa shape index (κ3) is 1.77. The third-order valence-corrected chi connectivity index (χ3v) is 2.82. The van der Waals surface area contributed by atoms with Crippen molar-refractivity contribution < 1.29 is 9.47 Å². The first-order valence-electron chi connectivity index (χ1n) is 5.56. The molecule has 0 aliphatic rings. The number of fused-ring (bicyclic) bond motifs is 1. The normalized spacial score (nSPS) is 10.4. The Balaban J connectivity index is 2.89. The van der Waals surface area contributed by atoms with E-state index < -0.39 is 0 Å². The number of ether oxygens (including phenoxy) is 2. The van der Waals surface area contributed by atoms with Gasteiger partial charge in [-0.25, -0.2) is 4.98 Å².